The number of carbonyl (C=O) groups is 16. The topological polar surface area (TPSA) is 506 Å². The fourth-order valence-corrected chi connectivity index (χ4v) is 16.0. The number of aliphatic carboxylic acids is 1. The highest BCUT2D eigenvalue weighted by atomic mass is 32.2. The number of nitrogens with zero attached hydrogens (tertiary/aromatic N) is 5. The number of aromatic hydroxyl groups is 1. The van der Waals surface area contributed by atoms with Crippen molar-refractivity contribution in [2.24, 2.45) is 23.3 Å². The first-order chi connectivity index (χ1) is 62.3. The number of amides is 15. The Labute approximate surface area is 764 Å². The average Bonchev–Trinajstić information content (AvgIpc) is 1.80. The number of rotatable bonds is 24. The van der Waals surface area contributed by atoms with Crippen molar-refractivity contribution in [3.63, 3.8) is 0 Å². The van der Waals surface area contributed by atoms with E-state index in [1.165, 1.54) is 71.6 Å². The van der Waals surface area contributed by atoms with Crippen LogP contribution >= 0.6 is 11.8 Å². The van der Waals surface area contributed by atoms with Gasteiger partial charge in [-0.2, -0.15) is 0 Å². The predicted molar refractivity (Wildman–Crippen MR) is 488 cm³/mol. The van der Waals surface area contributed by atoms with Crippen LogP contribution in [0.5, 0.6) is 5.75 Å². The number of hydrogen-bond acceptors (Lipinski definition) is 19. The second-order valence-corrected chi connectivity index (χ2v) is 34.6. The van der Waals surface area contributed by atoms with Crippen LogP contribution in [0.4, 0.5) is 4.39 Å². The Balaban J connectivity index is 1.22. The van der Waals surface area contributed by atoms with E-state index in [-0.39, 0.29) is 69.6 Å². The number of carboxylic acids is 1. The minimum atomic E-state index is -1.92. The molecular weight excluding hydrogens is 1710 g/mol. The molecule has 131 heavy (non-hydrogen) atoms. The lowest BCUT2D eigenvalue weighted by Gasteiger charge is -2.37. The van der Waals surface area contributed by atoms with Crippen LogP contribution in [0.1, 0.15) is 106 Å². The summed E-state index contributed by atoms with van der Waals surface area (Å²) in [6, 6.07) is 24.5. The number of phenols is 1. The molecule has 0 spiro atoms. The molecule has 0 bridgehead atoms. The molecule has 1 fully saturated rings. The SMILES string of the molecule is CCCCC1C(=O)N(C)CC(=O)NC(CC(=O)O)C(=O)NC(C(C)C)C(=O)N(C)C(Cc2ccccc2)C(=O)NC(Cc2ccc(CN)cc2)C(=O)N(C)CC(=O)NC(Cc2c[nH]c3ccccc23)C(=O)NC(Cc2ccc(O)cc2)C(=O)NC(CC(C)C)C(=O)NC(C(=O)NCC(N)=O)CSCC(=O)NC(Cc2ccc(F)cc2)C(=O)N(C)C(Cc2ccccc2)C(=O)N1C. The highest BCUT2D eigenvalue weighted by Gasteiger charge is 2.42. The zero-order valence-corrected chi connectivity index (χ0v) is 76.0. The van der Waals surface area contributed by atoms with Crippen molar-refractivity contribution < 1.29 is 91.3 Å². The molecule has 702 valence electrons. The van der Waals surface area contributed by atoms with Gasteiger partial charge in [0.15, 0.2) is 0 Å². The third kappa shape index (κ3) is 31.1. The van der Waals surface area contributed by atoms with Crippen molar-refractivity contribution >= 4 is 117 Å². The van der Waals surface area contributed by atoms with Crippen LogP contribution in [0.25, 0.3) is 10.9 Å². The molecule has 1 aliphatic heterocycles. The average molecular weight is 1830 g/mol. The molecular formula is C94H120FN17O18S. The van der Waals surface area contributed by atoms with Gasteiger partial charge in [0.25, 0.3) is 0 Å². The highest BCUT2D eigenvalue weighted by molar-refractivity contribution is 8.00. The third-order valence-electron chi connectivity index (χ3n) is 22.5. The van der Waals surface area contributed by atoms with Crippen molar-refractivity contribution in [1.82, 2.24) is 77.3 Å². The van der Waals surface area contributed by atoms with Crippen molar-refractivity contribution in [3.8, 4) is 5.75 Å². The van der Waals surface area contributed by atoms with Crippen LogP contribution in [0.2, 0.25) is 0 Å². The third-order valence-corrected chi connectivity index (χ3v) is 23.5. The summed E-state index contributed by atoms with van der Waals surface area (Å²) in [5, 5.41) is 45.2. The van der Waals surface area contributed by atoms with Gasteiger partial charge in [-0.25, -0.2) is 4.39 Å². The molecule has 15 amide bonds. The molecule has 1 aliphatic rings. The quantitative estimate of drug-likeness (QED) is 0.0412. The predicted octanol–water partition coefficient (Wildman–Crippen LogP) is 2.22. The van der Waals surface area contributed by atoms with Gasteiger partial charge < -0.3 is 99.0 Å². The Morgan fingerprint density at radius 3 is 1.52 bits per heavy atom. The summed E-state index contributed by atoms with van der Waals surface area (Å²) in [6.45, 7) is 6.27. The number of aromatic amines is 1. The monoisotopic (exact) mass is 1830 g/mol. The Morgan fingerprint density at radius 1 is 0.489 bits per heavy atom. The maximum Gasteiger partial charge on any atom is 0.305 e. The summed E-state index contributed by atoms with van der Waals surface area (Å²) < 4.78 is 14.6. The molecule has 7 aromatic rings. The van der Waals surface area contributed by atoms with E-state index < -0.39 is 210 Å². The van der Waals surface area contributed by atoms with Gasteiger partial charge in [0.2, 0.25) is 88.6 Å². The van der Waals surface area contributed by atoms with Crippen LogP contribution in [0, 0.1) is 17.7 Å². The summed E-state index contributed by atoms with van der Waals surface area (Å²) in [7, 11) is 6.47. The Bertz CT molecular complexity index is 5150. The molecule has 16 N–H and O–H groups in total. The number of halogens is 1. The lowest BCUT2D eigenvalue weighted by Crippen LogP contribution is -2.61. The van der Waals surface area contributed by atoms with Crippen LogP contribution in [-0.2, 0) is 122 Å². The van der Waals surface area contributed by atoms with Crippen molar-refractivity contribution in [2.75, 3.05) is 66.4 Å². The fraction of sp³-hybridized carbons (Fsp3) is 0.426. The summed E-state index contributed by atoms with van der Waals surface area (Å²) in [5.74, 6) is -18.3. The van der Waals surface area contributed by atoms with Gasteiger partial charge >= 0.3 is 5.97 Å². The second-order valence-electron chi connectivity index (χ2n) is 33.6. The number of phenolic OH excluding ortho intramolecular Hbond substituents is 1. The first-order valence-electron chi connectivity index (χ1n) is 43.3. The number of hydrogen-bond donors (Lipinski definition) is 14. The smallest absolute Gasteiger partial charge is 0.305 e. The van der Waals surface area contributed by atoms with Gasteiger partial charge in [-0.15, -0.1) is 11.8 Å². The summed E-state index contributed by atoms with van der Waals surface area (Å²) in [4.78, 5) is 244. The Hall–Kier alpha value is -13.6. The standard InChI is InChI=1S/C94H120FN17O18S/c1-11-12-27-75-92(128)109(7)52-80(116)101-71(47-82(118)119)88(124)107-83(56(4)5)94(130)111(9)76(44-57-21-15-13-16-22-57)89(125)105-72(42-59-28-30-62(48-96)31-29-59)90(126)108(6)51-79(115)100-70(46-63-49-98-67-26-20-19-25-66(63)67)87(123)104-69(41-61-34-38-65(113)39-35-61)86(122)103-68(40-55(2)3)85(121)106-74(84(120)99-50-78(97)114)53-131-54-81(117)102-73(43-60-32-36-64(95)37-33-60)91(127)112(10)77(93(129)110(75)8)45-58-23-17-14-18-24-58/h13-26,28-39,49,55-56,68-77,83,98,113H,11-12,27,40-48,50-54,96H2,1-10H3,(H2,97,114)(H,99,120)(H,100,115)(H,101,116)(H,102,117)(H,103,122)(H,104,123)(H,105,125)(H,106,121)(H,107,124)(H,118,119). The summed E-state index contributed by atoms with van der Waals surface area (Å²) >= 11 is 0.786. The number of carboxylic acid groups (broad SMARTS) is 1. The van der Waals surface area contributed by atoms with Crippen LogP contribution in [0.3, 0.4) is 0 Å². The van der Waals surface area contributed by atoms with E-state index in [4.69, 9.17) is 11.5 Å². The van der Waals surface area contributed by atoms with Gasteiger partial charge in [-0.3, -0.25) is 76.7 Å². The number of likely N-dealkylation sites (N-methyl/N-ethyl adjacent to an activating group) is 5. The van der Waals surface area contributed by atoms with E-state index in [9.17, 15) is 53.0 Å². The zero-order chi connectivity index (χ0) is 95.9. The number of para-hydroxylation sites is 1. The number of thioether (sulfide) groups is 1. The van der Waals surface area contributed by atoms with E-state index in [1.54, 1.807) is 143 Å². The van der Waals surface area contributed by atoms with E-state index >= 15 is 38.4 Å². The summed E-state index contributed by atoms with van der Waals surface area (Å²) in [6.07, 6.45) is -0.141. The lowest BCUT2D eigenvalue weighted by molar-refractivity contribution is -0.151. The maximum absolute atomic E-state index is 15.5. The molecule has 11 unspecified atom stereocenters. The molecule has 8 rings (SSSR count). The number of carbonyl (C=O) groups excluding carboxylic acids is 15. The van der Waals surface area contributed by atoms with Crippen molar-refractivity contribution in [1.29, 1.82) is 0 Å². The first-order valence-corrected chi connectivity index (χ1v) is 44.5. The van der Waals surface area contributed by atoms with Crippen molar-refractivity contribution in [2.45, 2.75) is 178 Å². The van der Waals surface area contributed by atoms with E-state index in [0.717, 1.165) is 54.0 Å². The van der Waals surface area contributed by atoms with E-state index in [1.807, 2.05) is 6.92 Å². The Morgan fingerprint density at radius 2 is 0.954 bits per heavy atom. The molecule has 1 aromatic heterocycles. The normalized spacial score (nSPS) is 21.8. The number of nitrogens with one attached hydrogen (secondary N) is 10. The van der Waals surface area contributed by atoms with Crippen LogP contribution in [0.15, 0.2) is 164 Å². The molecule has 0 aliphatic carbocycles. The molecule has 2 heterocycles. The number of fused-ring (bicyclic) bond motifs is 1. The minimum absolute atomic E-state index is 0.00288. The Kier molecular flexibility index (Phi) is 39.1. The molecule has 11 atom stereocenters. The number of aromatic nitrogens is 1. The van der Waals surface area contributed by atoms with Crippen LogP contribution in [-0.4, -0.2) is 267 Å². The van der Waals surface area contributed by atoms with Crippen molar-refractivity contribution in [3.05, 3.63) is 209 Å². The van der Waals surface area contributed by atoms with E-state index in [0.29, 0.717) is 57.1 Å². The molecule has 1 saturated heterocycles. The van der Waals surface area contributed by atoms with Gasteiger partial charge in [-0.1, -0.05) is 175 Å². The van der Waals surface area contributed by atoms with Crippen LogP contribution < -0.4 is 59.3 Å². The van der Waals surface area contributed by atoms with Gasteiger partial charge in [-0.05, 0) is 94.0 Å². The fourth-order valence-electron chi connectivity index (χ4n) is 15.1. The van der Waals surface area contributed by atoms with Gasteiger partial charge in [0.05, 0.1) is 31.8 Å². The zero-order valence-electron chi connectivity index (χ0n) is 75.2. The van der Waals surface area contributed by atoms with Gasteiger partial charge in [0, 0.05) is 103 Å². The van der Waals surface area contributed by atoms with E-state index in [2.05, 4.69) is 52.8 Å². The molecule has 0 saturated carbocycles. The lowest BCUT2D eigenvalue weighted by atomic mass is 9.98. The largest absolute Gasteiger partial charge is 0.508 e. The number of primary amides is 1. The molecule has 35 nitrogen and oxygen atoms in total. The number of H-pyrrole nitrogens is 1. The number of unbranched alkanes of at least 4 members (excludes halogenated alkanes) is 1. The maximum atomic E-state index is 15.5. The first kappa shape index (κ1) is 103. The molecule has 0 radical (unpaired) electrons. The molecule has 37 heteroatoms. The highest BCUT2D eigenvalue weighted by Crippen LogP contribution is 2.25. The number of nitrogens with two attached hydrogens (primary N) is 2. The minimum Gasteiger partial charge on any atom is -0.508 e. The number of benzene rings is 6. The summed E-state index contributed by atoms with van der Waals surface area (Å²) in [5.41, 5.74) is 15.7. The molecule has 6 aromatic carbocycles. The second kappa shape index (κ2) is 49.8. The van der Waals surface area contributed by atoms with Gasteiger partial charge in [0.1, 0.15) is 78.0 Å².